The lowest BCUT2D eigenvalue weighted by molar-refractivity contribution is 0.0200. The Bertz CT molecular complexity index is 238. The van der Waals surface area contributed by atoms with Crippen molar-refractivity contribution in [1.82, 2.24) is 10.6 Å². The third-order valence-corrected chi connectivity index (χ3v) is 2.60. The fraction of sp³-hybridized carbons (Fsp3) is 0.923. The second kappa shape index (κ2) is 9.16. The van der Waals surface area contributed by atoms with Crippen LogP contribution in [0.4, 0.5) is 0 Å². The second-order valence-corrected chi connectivity index (χ2v) is 4.77. The van der Waals surface area contributed by atoms with E-state index < -0.39 is 0 Å². The molecule has 0 aromatic rings. The van der Waals surface area contributed by atoms with Gasteiger partial charge in [0.2, 0.25) is 0 Å². The summed E-state index contributed by atoms with van der Waals surface area (Å²) in [5.41, 5.74) is 0. The minimum atomic E-state index is 0.302. The molecule has 0 saturated carbocycles. The monoisotopic (exact) mass is 257 g/mol. The van der Waals surface area contributed by atoms with Crippen LogP contribution in [0, 0.1) is 0 Å². The summed E-state index contributed by atoms with van der Waals surface area (Å²) in [7, 11) is 0. The Morgan fingerprint density at radius 1 is 1.50 bits per heavy atom. The van der Waals surface area contributed by atoms with E-state index in [1.54, 1.807) is 0 Å². The average molecular weight is 257 g/mol. The van der Waals surface area contributed by atoms with Gasteiger partial charge in [-0.3, -0.25) is 4.99 Å². The second-order valence-electron chi connectivity index (χ2n) is 4.77. The number of nitrogens with one attached hydrogen (secondary N) is 2. The molecule has 0 radical (unpaired) electrons. The van der Waals surface area contributed by atoms with Gasteiger partial charge in [0.25, 0.3) is 0 Å². The van der Waals surface area contributed by atoms with Gasteiger partial charge in [0.15, 0.2) is 5.96 Å². The summed E-state index contributed by atoms with van der Waals surface area (Å²) in [6, 6.07) is 0.385. The molecule has 1 unspecified atom stereocenters. The minimum absolute atomic E-state index is 0.302. The molecule has 0 bridgehead atoms. The number of rotatable bonds is 7. The Morgan fingerprint density at radius 2 is 2.33 bits per heavy atom. The molecule has 1 rings (SSSR count). The summed E-state index contributed by atoms with van der Waals surface area (Å²) in [6.45, 7) is 10.0. The van der Waals surface area contributed by atoms with Gasteiger partial charge in [-0.05, 0) is 33.6 Å². The van der Waals surface area contributed by atoms with E-state index in [4.69, 9.17) is 9.47 Å². The van der Waals surface area contributed by atoms with Crippen LogP contribution in [0.1, 0.15) is 33.6 Å². The zero-order chi connectivity index (χ0) is 13.2. The van der Waals surface area contributed by atoms with Crippen molar-refractivity contribution in [2.24, 2.45) is 4.99 Å². The summed E-state index contributed by atoms with van der Waals surface area (Å²) in [5.74, 6) is 0.855. The van der Waals surface area contributed by atoms with Crippen LogP contribution in [0.5, 0.6) is 0 Å². The highest BCUT2D eigenvalue weighted by Crippen LogP contribution is 2.11. The lowest BCUT2D eigenvalue weighted by Crippen LogP contribution is -2.41. The Kier molecular flexibility index (Phi) is 7.76. The van der Waals surface area contributed by atoms with Crippen LogP contribution >= 0.6 is 0 Å². The number of guanidine groups is 1. The van der Waals surface area contributed by atoms with Crippen molar-refractivity contribution < 1.29 is 9.47 Å². The van der Waals surface area contributed by atoms with Gasteiger partial charge in [-0.15, -0.1) is 0 Å². The van der Waals surface area contributed by atoms with Gasteiger partial charge in [0.1, 0.15) is 0 Å². The molecule has 0 aliphatic carbocycles. The van der Waals surface area contributed by atoms with Crippen molar-refractivity contribution in [3.8, 4) is 0 Å². The van der Waals surface area contributed by atoms with Crippen molar-refractivity contribution in [1.29, 1.82) is 0 Å². The normalized spacial score (nSPS) is 20.4. The van der Waals surface area contributed by atoms with Gasteiger partial charge in [0, 0.05) is 19.2 Å². The van der Waals surface area contributed by atoms with E-state index in [-0.39, 0.29) is 0 Å². The maximum atomic E-state index is 5.56. The molecular formula is C13H27N3O2. The molecule has 0 amide bonds. The Balaban J connectivity index is 2.11. The zero-order valence-electron chi connectivity index (χ0n) is 11.9. The van der Waals surface area contributed by atoms with Crippen LogP contribution in [-0.4, -0.2) is 51.0 Å². The number of aliphatic imine (C=N–C) groups is 1. The molecule has 1 saturated heterocycles. The Hall–Kier alpha value is -0.810. The summed E-state index contributed by atoms with van der Waals surface area (Å²) in [6.07, 6.45) is 2.59. The SMILES string of the molecule is CCNC(=NCCOCC1CCCO1)NC(C)C. The number of nitrogens with zero attached hydrogens (tertiary/aromatic N) is 1. The molecule has 5 nitrogen and oxygen atoms in total. The number of hydrogen-bond acceptors (Lipinski definition) is 3. The van der Waals surface area contributed by atoms with E-state index in [2.05, 4.69) is 36.4 Å². The molecular weight excluding hydrogens is 230 g/mol. The molecule has 18 heavy (non-hydrogen) atoms. The van der Waals surface area contributed by atoms with Crippen molar-refractivity contribution >= 4 is 5.96 Å². The van der Waals surface area contributed by atoms with E-state index in [1.807, 2.05) is 0 Å². The molecule has 1 fully saturated rings. The minimum Gasteiger partial charge on any atom is -0.377 e. The summed E-state index contributed by atoms with van der Waals surface area (Å²) in [4.78, 5) is 4.45. The summed E-state index contributed by atoms with van der Waals surface area (Å²) >= 11 is 0. The summed E-state index contributed by atoms with van der Waals surface area (Å²) < 4.78 is 11.0. The average Bonchev–Trinajstić information content (AvgIpc) is 2.81. The maximum absolute atomic E-state index is 5.56. The zero-order valence-corrected chi connectivity index (χ0v) is 11.9. The molecule has 106 valence electrons. The Morgan fingerprint density at radius 3 is 2.94 bits per heavy atom. The van der Waals surface area contributed by atoms with Crippen LogP contribution in [0.3, 0.4) is 0 Å². The van der Waals surface area contributed by atoms with Crippen LogP contribution in [0.2, 0.25) is 0 Å². The third kappa shape index (κ3) is 6.81. The van der Waals surface area contributed by atoms with Gasteiger partial charge in [-0.1, -0.05) is 0 Å². The van der Waals surface area contributed by atoms with Gasteiger partial charge in [-0.2, -0.15) is 0 Å². The predicted molar refractivity (Wildman–Crippen MR) is 74.0 cm³/mol. The molecule has 1 aliphatic heterocycles. The first-order valence-electron chi connectivity index (χ1n) is 6.96. The van der Waals surface area contributed by atoms with E-state index in [1.165, 1.54) is 0 Å². The first-order valence-corrected chi connectivity index (χ1v) is 6.96. The topological polar surface area (TPSA) is 54.9 Å². The fourth-order valence-electron chi connectivity index (χ4n) is 1.81. The fourth-order valence-corrected chi connectivity index (χ4v) is 1.81. The van der Waals surface area contributed by atoms with Crippen LogP contribution in [0.15, 0.2) is 4.99 Å². The first kappa shape index (κ1) is 15.2. The summed E-state index contributed by atoms with van der Waals surface area (Å²) in [5, 5.41) is 6.48. The number of ether oxygens (including phenoxy) is 2. The van der Waals surface area contributed by atoms with Gasteiger partial charge in [0.05, 0.1) is 25.9 Å². The van der Waals surface area contributed by atoms with E-state index >= 15 is 0 Å². The van der Waals surface area contributed by atoms with E-state index in [0.717, 1.165) is 32.0 Å². The largest absolute Gasteiger partial charge is 0.377 e. The standard InChI is InChI=1S/C13H27N3O2/c1-4-14-13(16-11(2)3)15-7-9-17-10-12-6-5-8-18-12/h11-12H,4-10H2,1-3H3,(H2,14,15,16). The molecule has 1 atom stereocenters. The molecule has 0 aromatic carbocycles. The van der Waals surface area contributed by atoms with Crippen LogP contribution < -0.4 is 10.6 Å². The lowest BCUT2D eigenvalue weighted by Gasteiger charge is -2.14. The van der Waals surface area contributed by atoms with Crippen LogP contribution in [0.25, 0.3) is 0 Å². The Labute approximate surface area is 110 Å². The lowest BCUT2D eigenvalue weighted by atomic mass is 10.2. The highest BCUT2D eigenvalue weighted by atomic mass is 16.5. The molecule has 0 spiro atoms. The van der Waals surface area contributed by atoms with Gasteiger partial charge < -0.3 is 20.1 Å². The quantitative estimate of drug-likeness (QED) is 0.408. The van der Waals surface area contributed by atoms with Crippen molar-refractivity contribution in [2.75, 3.05) is 32.9 Å². The van der Waals surface area contributed by atoms with E-state index in [0.29, 0.717) is 31.9 Å². The number of hydrogen-bond donors (Lipinski definition) is 2. The third-order valence-electron chi connectivity index (χ3n) is 2.60. The molecule has 1 aliphatic rings. The molecule has 5 heteroatoms. The maximum Gasteiger partial charge on any atom is 0.191 e. The van der Waals surface area contributed by atoms with Crippen molar-refractivity contribution in [3.05, 3.63) is 0 Å². The smallest absolute Gasteiger partial charge is 0.191 e. The first-order chi connectivity index (χ1) is 8.72. The van der Waals surface area contributed by atoms with E-state index in [9.17, 15) is 0 Å². The molecule has 0 aromatic heterocycles. The highest BCUT2D eigenvalue weighted by molar-refractivity contribution is 5.79. The van der Waals surface area contributed by atoms with Crippen LogP contribution in [-0.2, 0) is 9.47 Å². The molecule has 1 heterocycles. The highest BCUT2D eigenvalue weighted by Gasteiger charge is 2.14. The van der Waals surface area contributed by atoms with Crippen molar-refractivity contribution in [3.63, 3.8) is 0 Å². The molecule has 2 N–H and O–H groups in total. The van der Waals surface area contributed by atoms with Crippen molar-refractivity contribution in [2.45, 2.75) is 45.8 Å². The van der Waals surface area contributed by atoms with Gasteiger partial charge >= 0.3 is 0 Å². The van der Waals surface area contributed by atoms with Gasteiger partial charge in [-0.25, -0.2) is 0 Å². The predicted octanol–water partition coefficient (Wildman–Crippen LogP) is 1.15.